The summed E-state index contributed by atoms with van der Waals surface area (Å²) in [6, 6.07) is 21.5. The number of anilines is 1. The summed E-state index contributed by atoms with van der Waals surface area (Å²) >= 11 is 0. The van der Waals surface area contributed by atoms with Crippen LogP contribution in [0.1, 0.15) is 42.7 Å². The Hall–Kier alpha value is -3.56. The zero-order chi connectivity index (χ0) is 23.9. The molecule has 1 fully saturated rings. The highest BCUT2D eigenvalue weighted by molar-refractivity contribution is 5.90. The standard InChI is InChI=1S/C28H27F2N3O/c29-26-10-8-24(17-27(26)30)33-28(34)11-9-25(22-12-14-32-15-13-22)21-6-4-20(5-7-21)23-3-1-2-19(16-23)18-31/h1-8,10,16-17,22,25,32H,9,11-15H2,(H,33,34). The van der Waals surface area contributed by atoms with Crippen molar-refractivity contribution in [3.63, 3.8) is 0 Å². The summed E-state index contributed by atoms with van der Waals surface area (Å²) in [5.41, 5.74) is 4.11. The SMILES string of the molecule is N#Cc1cccc(-c2ccc(C(CCC(=O)Nc3ccc(F)c(F)c3)C3CCNCC3)cc2)c1. The van der Waals surface area contributed by atoms with Crippen LogP contribution in [0, 0.1) is 28.9 Å². The van der Waals surface area contributed by atoms with Crippen LogP contribution < -0.4 is 10.6 Å². The summed E-state index contributed by atoms with van der Waals surface area (Å²) in [7, 11) is 0. The zero-order valence-corrected chi connectivity index (χ0v) is 18.9. The molecule has 1 aliphatic heterocycles. The van der Waals surface area contributed by atoms with Crippen LogP contribution in [0.5, 0.6) is 0 Å². The van der Waals surface area contributed by atoms with E-state index in [1.54, 1.807) is 6.07 Å². The summed E-state index contributed by atoms with van der Waals surface area (Å²) < 4.78 is 26.6. The quantitative estimate of drug-likeness (QED) is 0.455. The number of hydrogen-bond acceptors (Lipinski definition) is 3. The second-order valence-electron chi connectivity index (χ2n) is 8.72. The normalized spacial score (nSPS) is 14.9. The van der Waals surface area contributed by atoms with Gasteiger partial charge in [0.25, 0.3) is 0 Å². The Morgan fingerprint density at radius 3 is 2.47 bits per heavy atom. The van der Waals surface area contributed by atoms with Gasteiger partial charge in [0.1, 0.15) is 0 Å². The number of piperidine rings is 1. The number of rotatable bonds is 7. The molecule has 3 aromatic rings. The molecule has 1 heterocycles. The predicted octanol–water partition coefficient (Wildman–Crippen LogP) is 6.01. The van der Waals surface area contributed by atoms with Crippen molar-refractivity contribution < 1.29 is 13.6 Å². The Balaban J connectivity index is 1.47. The van der Waals surface area contributed by atoms with Gasteiger partial charge in [-0.1, -0.05) is 36.4 Å². The Morgan fingerprint density at radius 1 is 1.00 bits per heavy atom. The summed E-state index contributed by atoms with van der Waals surface area (Å²) in [5.74, 6) is -1.45. The first-order chi connectivity index (χ1) is 16.5. The summed E-state index contributed by atoms with van der Waals surface area (Å²) in [6.07, 6.45) is 3.05. The molecular formula is C28H27F2N3O. The first-order valence-electron chi connectivity index (χ1n) is 11.6. The lowest BCUT2D eigenvalue weighted by Gasteiger charge is -2.31. The molecule has 3 aromatic carbocycles. The van der Waals surface area contributed by atoms with E-state index in [2.05, 4.69) is 41.0 Å². The number of nitrogens with one attached hydrogen (secondary N) is 2. The maximum atomic E-state index is 13.5. The van der Waals surface area contributed by atoms with Gasteiger partial charge in [0.2, 0.25) is 5.91 Å². The molecule has 0 aromatic heterocycles. The number of nitrogens with zero attached hydrogens (tertiary/aromatic N) is 1. The fourth-order valence-corrected chi connectivity index (χ4v) is 4.70. The third-order valence-electron chi connectivity index (χ3n) is 6.50. The summed E-state index contributed by atoms with van der Waals surface area (Å²) in [6.45, 7) is 1.92. The van der Waals surface area contributed by atoms with Gasteiger partial charge in [0, 0.05) is 18.2 Å². The molecule has 1 atom stereocenters. The molecule has 4 rings (SSSR count). The molecule has 0 bridgehead atoms. The molecule has 1 saturated heterocycles. The van der Waals surface area contributed by atoms with Gasteiger partial charge in [-0.25, -0.2) is 8.78 Å². The molecule has 0 spiro atoms. The molecule has 1 unspecified atom stereocenters. The second-order valence-corrected chi connectivity index (χ2v) is 8.72. The predicted molar refractivity (Wildman–Crippen MR) is 129 cm³/mol. The Kier molecular flexibility index (Phi) is 7.66. The van der Waals surface area contributed by atoms with E-state index in [1.165, 1.54) is 11.6 Å². The lowest BCUT2D eigenvalue weighted by molar-refractivity contribution is -0.116. The summed E-state index contributed by atoms with van der Waals surface area (Å²) in [5, 5.41) is 15.2. The third-order valence-corrected chi connectivity index (χ3v) is 6.50. The van der Waals surface area contributed by atoms with Crippen molar-refractivity contribution in [3.05, 3.63) is 89.5 Å². The number of carbonyl (C=O) groups is 1. The topological polar surface area (TPSA) is 64.9 Å². The van der Waals surface area contributed by atoms with Gasteiger partial charge < -0.3 is 10.6 Å². The molecule has 6 heteroatoms. The molecule has 1 aliphatic rings. The first-order valence-corrected chi connectivity index (χ1v) is 11.6. The van der Waals surface area contributed by atoms with E-state index in [0.29, 0.717) is 24.3 Å². The van der Waals surface area contributed by atoms with Crippen molar-refractivity contribution in [3.8, 4) is 17.2 Å². The maximum Gasteiger partial charge on any atom is 0.224 e. The van der Waals surface area contributed by atoms with E-state index in [4.69, 9.17) is 5.26 Å². The van der Waals surface area contributed by atoms with E-state index >= 15 is 0 Å². The van der Waals surface area contributed by atoms with Crippen molar-refractivity contribution in [2.24, 2.45) is 5.92 Å². The number of amides is 1. The average Bonchev–Trinajstić information content (AvgIpc) is 2.87. The van der Waals surface area contributed by atoms with E-state index in [9.17, 15) is 13.6 Å². The van der Waals surface area contributed by atoms with Crippen LogP contribution in [0.2, 0.25) is 0 Å². The van der Waals surface area contributed by atoms with Crippen LogP contribution >= 0.6 is 0 Å². The Labute approximate surface area is 198 Å². The summed E-state index contributed by atoms with van der Waals surface area (Å²) in [4.78, 5) is 12.6. The van der Waals surface area contributed by atoms with Gasteiger partial charge in [-0.15, -0.1) is 0 Å². The molecule has 34 heavy (non-hydrogen) atoms. The van der Waals surface area contributed by atoms with E-state index < -0.39 is 11.6 Å². The Morgan fingerprint density at radius 2 is 1.76 bits per heavy atom. The number of halogens is 2. The van der Waals surface area contributed by atoms with Gasteiger partial charge in [-0.3, -0.25) is 4.79 Å². The van der Waals surface area contributed by atoms with E-state index in [-0.39, 0.29) is 17.5 Å². The highest BCUT2D eigenvalue weighted by atomic mass is 19.2. The van der Waals surface area contributed by atoms with Crippen molar-refractivity contribution in [1.82, 2.24) is 5.32 Å². The lowest BCUT2D eigenvalue weighted by atomic mass is 9.77. The average molecular weight is 460 g/mol. The van der Waals surface area contributed by atoms with Gasteiger partial charge in [-0.2, -0.15) is 5.26 Å². The lowest BCUT2D eigenvalue weighted by Crippen LogP contribution is -2.31. The van der Waals surface area contributed by atoms with E-state index in [0.717, 1.165) is 49.2 Å². The Bertz CT molecular complexity index is 1180. The fourth-order valence-electron chi connectivity index (χ4n) is 4.70. The molecule has 174 valence electrons. The molecule has 1 amide bonds. The third kappa shape index (κ3) is 5.86. The van der Waals surface area contributed by atoms with Gasteiger partial charge >= 0.3 is 0 Å². The van der Waals surface area contributed by atoms with Crippen molar-refractivity contribution in [2.45, 2.75) is 31.6 Å². The largest absolute Gasteiger partial charge is 0.326 e. The number of benzene rings is 3. The molecule has 0 radical (unpaired) electrons. The van der Waals surface area contributed by atoms with Crippen LogP contribution in [0.4, 0.5) is 14.5 Å². The molecule has 0 saturated carbocycles. The van der Waals surface area contributed by atoms with Crippen LogP contribution in [0.15, 0.2) is 66.7 Å². The fraction of sp³-hybridized carbons (Fsp3) is 0.286. The van der Waals surface area contributed by atoms with Gasteiger partial charge in [-0.05, 0) is 85.1 Å². The highest BCUT2D eigenvalue weighted by Gasteiger charge is 2.25. The maximum absolute atomic E-state index is 13.5. The van der Waals surface area contributed by atoms with Crippen molar-refractivity contribution in [1.29, 1.82) is 5.26 Å². The van der Waals surface area contributed by atoms with E-state index in [1.807, 2.05) is 18.2 Å². The molecule has 0 aliphatic carbocycles. The van der Waals surface area contributed by atoms with Crippen LogP contribution in [0.25, 0.3) is 11.1 Å². The molecule has 2 N–H and O–H groups in total. The molecule has 4 nitrogen and oxygen atoms in total. The van der Waals surface area contributed by atoms with Crippen LogP contribution in [0.3, 0.4) is 0 Å². The second kappa shape index (κ2) is 11.0. The van der Waals surface area contributed by atoms with Crippen LogP contribution in [-0.2, 0) is 4.79 Å². The van der Waals surface area contributed by atoms with Crippen molar-refractivity contribution >= 4 is 11.6 Å². The number of carbonyl (C=O) groups excluding carboxylic acids is 1. The van der Waals surface area contributed by atoms with Gasteiger partial charge in [0.05, 0.1) is 11.6 Å². The van der Waals surface area contributed by atoms with Crippen molar-refractivity contribution in [2.75, 3.05) is 18.4 Å². The number of nitriles is 1. The molecular weight excluding hydrogens is 432 g/mol. The monoisotopic (exact) mass is 459 g/mol. The minimum Gasteiger partial charge on any atom is -0.326 e. The van der Waals surface area contributed by atoms with Gasteiger partial charge in [0.15, 0.2) is 11.6 Å². The zero-order valence-electron chi connectivity index (χ0n) is 18.9. The minimum atomic E-state index is -0.981. The van der Waals surface area contributed by atoms with Crippen LogP contribution in [-0.4, -0.2) is 19.0 Å². The first kappa shape index (κ1) is 23.6. The smallest absolute Gasteiger partial charge is 0.224 e. The highest BCUT2D eigenvalue weighted by Crippen LogP contribution is 2.36. The number of hydrogen-bond donors (Lipinski definition) is 2. The minimum absolute atomic E-state index is 0.213.